The molecule has 1 aromatic heterocycles. The van der Waals surface area contributed by atoms with Gasteiger partial charge in [-0.25, -0.2) is 10.4 Å². The van der Waals surface area contributed by atoms with Crippen LogP contribution in [0.15, 0.2) is 23.3 Å². The number of rotatable bonds is 5. The van der Waals surface area contributed by atoms with Crippen molar-refractivity contribution in [2.75, 3.05) is 14.2 Å². The molecule has 1 aromatic carbocycles. The smallest absolute Gasteiger partial charge is 0.278 e. The minimum atomic E-state index is -0.435. The molecule has 1 N–H and O–H groups in total. The summed E-state index contributed by atoms with van der Waals surface area (Å²) in [6.45, 7) is 5.61. The molecule has 0 saturated heterocycles. The summed E-state index contributed by atoms with van der Waals surface area (Å²) in [5.74, 6) is 0.378. The maximum absolute atomic E-state index is 12.4. The van der Waals surface area contributed by atoms with Crippen LogP contribution in [-0.2, 0) is 0 Å². The second-order valence-corrected chi connectivity index (χ2v) is 5.10. The Kier molecular flexibility index (Phi) is 5.47. The van der Waals surface area contributed by atoms with Gasteiger partial charge in [0.25, 0.3) is 5.91 Å². The van der Waals surface area contributed by atoms with Gasteiger partial charge in [-0.05, 0) is 32.9 Å². The summed E-state index contributed by atoms with van der Waals surface area (Å²) < 4.78 is 10.4. The number of nitrogens with one attached hydrogen (secondary N) is 1. The average molecular weight is 328 g/mol. The van der Waals surface area contributed by atoms with Crippen LogP contribution in [0.2, 0.25) is 0 Å². The Labute approximate surface area is 140 Å². The Morgan fingerprint density at radius 3 is 2.21 bits per heavy atom. The molecular weight excluding hydrogens is 308 g/mol. The van der Waals surface area contributed by atoms with E-state index < -0.39 is 5.91 Å². The first-order chi connectivity index (χ1) is 11.5. The minimum absolute atomic E-state index is 0.280. The third-order valence-electron chi connectivity index (χ3n) is 3.53. The van der Waals surface area contributed by atoms with E-state index in [9.17, 15) is 4.79 Å². The van der Waals surface area contributed by atoms with Crippen molar-refractivity contribution in [2.24, 2.45) is 5.10 Å². The molecule has 1 amide bonds. The first-order valence-electron chi connectivity index (χ1n) is 7.34. The summed E-state index contributed by atoms with van der Waals surface area (Å²) in [4.78, 5) is 21.2. The van der Waals surface area contributed by atoms with Gasteiger partial charge in [0, 0.05) is 0 Å². The minimum Gasteiger partial charge on any atom is -0.496 e. The van der Waals surface area contributed by atoms with E-state index in [0.717, 1.165) is 17.1 Å². The molecule has 0 aliphatic carbocycles. The molecule has 0 saturated carbocycles. The largest absolute Gasteiger partial charge is 0.496 e. The number of aromatic nitrogens is 2. The number of carbonyl (C=O) groups is 1. The van der Waals surface area contributed by atoms with Crippen LogP contribution in [0.25, 0.3) is 0 Å². The van der Waals surface area contributed by atoms with Crippen molar-refractivity contribution in [1.82, 2.24) is 15.4 Å². The molecule has 0 unspecified atom stereocenters. The molecule has 2 aromatic rings. The normalized spacial score (nSPS) is 10.7. The summed E-state index contributed by atoms with van der Waals surface area (Å²) in [5, 5.41) is 3.96. The van der Waals surface area contributed by atoms with Gasteiger partial charge >= 0.3 is 0 Å². The highest BCUT2D eigenvalue weighted by atomic mass is 16.5. The molecule has 7 nitrogen and oxygen atoms in total. The number of hydrogen-bond acceptors (Lipinski definition) is 6. The quantitative estimate of drug-likeness (QED) is 0.671. The molecule has 1 heterocycles. The van der Waals surface area contributed by atoms with Crippen molar-refractivity contribution < 1.29 is 14.3 Å². The number of ether oxygens (including phenoxy) is 2. The standard InChI is InChI=1S/C17H20N4O3/c1-10-11(2)20-13(12(3)19-10)9-18-21-17(22)16-14(23-4)7-6-8-15(16)24-5/h6-9H,1-5H3,(H,21,22)/b18-9+. The van der Waals surface area contributed by atoms with Crippen LogP contribution < -0.4 is 14.9 Å². The average Bonchev–Trinajstić information content (AvgIpc) is 2.58. The molecule has 0 bridgehead atoms. The molecule has 7 heteroatoms. The Morgan fingerprint density at radius 2 is 1.62 bits per heavy atom. The predicted molar refractivity (Wildman–Crippen MR) is 90.8 cm³/mol. The molecule has 0 spiro atoms. The second-order valence-electron chi connectivity index (χ2n) is 5.10. The summed E-state index contributed by atoms with van der Waals surface area (Å²) in [6, 6.07) is 5.10. The van der Waals surface area contributed by atoms with Crippen LogP contribution in [0.5, 0.6) is 11.5 Å². The number of amides is 1. The van der Waals surface area contributed by atoms with E-state index in [1.807, 2.05) is 20.8 Å². The number of aryl methyl sites for hydroxylation is 3. The third kappa shape index (κ3) is 3.68. The third-order valence-corrected chi connectivity index (χ3v) is 3.53. The van der Waals surface area contributed by atoms with Crippen LogP contribution in [0.1, 0.15) is 33.1 Å². The lowest BCUT2D eigenvalue weighted by Crippen LogP contribution is -2.19. The summed E-state index contributed by atoms with van der Waals surface area (Å²) >= 11 is 0. The van der Waals surface area contributed by atoms with E-state index in [0.29, 0.717) is 17.2 Å². The van der Waals surface area contributed by atoms with Crippen LogP contribution in [-0.4, -0.2) is 36.3 Å². The number of nitrogens with zero attached hydrogens (tertiary/aromatic N) is 3. The Morgan fingerprint density at radius 1 is 1.04 bits per heavy atom. The lowest BCUT2D eigenvalue weighted by molar-refractivity contribution is 0.0949. The van der Waals surface area contributed by atoms with E-state index in [2.05, 4.69) is 20.5 Å². The van der Waals surface area contributed by atoms with Crippen LogP contribution in [0, 0.1) is 20.8 Å². The molecule has 126 valence electrons. The first kappa shape index (κ1) is 17.4. The Bertz CT molecular complexity index is 765. The van der Waals surface area contributed by atoms with Gasteiger partial charge in [0.05, 0.1) is 37.5 Å². The van der Waals surface area contributed by atoms with Crippen LogP contribution >= 0.6 is 0 Å². The summed E-state index contributed by atoms with van der Waals surface area (Å²) in [5.41, 5.74) is 5.77. The topological polar surface area (TPSA) is 85.7 Å². The molecule has 0 aliphatic rings. The molecular formula is C17H20N4O3. The molecule has 0 radical (unpaired) electrons. The van der Waals surface area contributed by atoms with Crippen molar-refractivity contribution in [2.45, 2.75) is 20.8 Å². The van der Waals surface area contributed by atoms with E-state index >= 15 is 0 Å². The zero-order chi connectivity index (χ0) is 17.7. The van der Waals surface area contributed by atoms with Gasteiger partial charge in [0.1, 0.15) is 22.8 Å². The second kappa shape index (κ2) is 7.54. The van der Waals surface area contributed by atoms with Gasteiger partial charge in [-0.15, -0.1) is 0 Å². The van der Waals surface area contributed by atoms with Crippen LogP contribution in [0.3, 0.4) is 0 Å². The maximum atomic E-state index is 12.4. The van der Waals surface area contributed by atoms with Gasteiger partial charge in [-0.1, -0.05) is 6.07 Å². The van der Waals surface area contributed by atoms with Gasteiger partial charge in [-0.3, -0.25) is 9.78 Å². The van der Waals surface area contributed by atoms with Crippen molar-refractivity contribution in [3.8, 4) is 11.5 Å². The van der Waals surface area contributed by atoms with Gasteiger partial charge in [0.15, 0.2) is 0 Å². The van der Waals surface area contributed by atoms with Gasteiger partial charge < -0.3 is 9.47 Å². The van der Waals surface area contributed by atoms with E-state index in [1.165, 1.54) is 20.4 Å². The monoisotopic (exact) mass is 328 g/mol. The number of carbonyl (C=O) groups excluding carboxylic acids is 1. The van der Waals surface area contributed by atoms with Crippen molar-refractivity contribution in [3.05, 3.63) is 46.5 Å². The maximum Gasteiger partial charge on any atom is 0.278 e. The zero-order valence-electron chi connectivity index (χ0n) is 14.4. The first-order valence-corrected chi connectivity index (χ1v) is 7.34. The fourth-order valence-corrected chi connectivity index (χ4v) is 2.14. The van der Waals surface area contributed by atoms with E-state index in [-0.39, 0.29) is 5.56 Å². The number of methoxy groups -OCH3 is 2. The number of hydrazone groups is 1. The van der Waals surface area contributed by atoms with Gasteiger partial charge in [0.2, 0.25) is 0 Å². The SMILES string of the molecule is COc1cccc(OC)c1C(=O)N/N=C/c1nc(C)c(C)nc1C. The van der Waals surface area contributed by atoms with E-state index in [1.54, 1.807) is 18.2 Å². The zero-order valence-corrected chi connectivity index (χ0v) is 14.4. The van der Waals surface area contributed by atoms with Gasteiger partial charge in [-0.2, -0.15) is 5.10 Å². The van der Waals surface area contributed by atoms with E-state index in [4.69, 9.17) is 9.47 Å². The molecule has 24 heavy (non-hydrogen) atoms. The lowest BCUT2D eigenvalue weighted by Gasteiger charge is -2.11. The predicted octanol–water partition coefficient (Wildman–Crippen LogP) is 2.18. The molecule has 0 aliphatic heterocycles. The Hall–Kier alpha value is -2.96. The number of benzene rings is 1. The highest BCUT2D eigenvalue weighted by molar-refractivity contribution is 6.00. The number of hydrogen-bond donors (Lipinski definition) is 1. The highest BCUT2D eigenvalue weighted by Gasteiger charge is 2.17. The summed E-state index contributed by atoms with van der Waals surface area (Å²) in [7, 11) is 2.98. The lowest BCUT2D eigenvalue weighted by atomic mass is 10.1. The fraction of sp³-hybridized carbons (Fsp3) is 0.294. The molecule has 2 rings (SSSR count). The van der Waals surface area contributed by atoms with Crippen molar-refractivity contribution in [3.63, 3.8) is 0 Å². The van der Waals surface area contributed by atoms with Crippen LogP contribution in [0.4, 0.5) is 0 Å². The molecule has 0 fully saturated rings. The van der Waals surface area contributed by atoms with Crippen molar-refractivity contribution in [1.29, 1.82) is 0 Å². The fourth-order valence-electron chi connectivity index (χ4n) is 2.14. The molecule has 0 atom stereocenters. The Balaban J connectivity index is 2.21. The van der Waals surface area contributed by atoms with Crippen molar-refractivity contribution >= 4 is 12.1 Å². The summed E-state index contributed by atoms with van der Waals surface area (Å²) in [6.07, 6.45) is 1.47. The highest BCUT2D eigenvalue weighted by Crippen LogP contribution is 2.27.